The molecule has 0 aliphatic rings. The summed E-state index contributed by atoms with van der Waals surface area (Å²) in [4.78, 5) is 160. The van der Waals surface area contributed by atoms with Crippen LogP contribution in [0.1, 0.15) is 105 Å². The normalized spacial score (nSPS) is 15.0. The van der Waals surface area contributed by atoms with E-state index in [1.165, 1.54) is 11.8 Å². The summed E-state index contributed by atoms with van der Waals surface area (Å²) in [5.41, 5.74) is 17.8. The zero-order chi connectivity index (χ0) is 65.8. The Hall–Kier alpha value is -7.03. The summed E-state index contributed by atoms with van der Waals surface area (Å²) in [6.45, 7) is 6.72. The standard InChI is InChI=1S/C56H96N14O16S/c1-8-33(6)46(70-44(75)27-60-47(76)37(20-23-87-7)64-52(81)40(28-71)67-53(82)41(29-72)68-54(83)45(59)32(4)5)55(84)61-26-43(74)62-35(18-12-14-21-57)48(77)66-39(25-34-16-10-9-11-17-34)51(80)65-38(24-31(2)3)50(79)63-36(19-13-15-22-58)49(78)69-42(30-73)56(85)86/h9-11,16-17,31-33,35-42,45-46,71-73H,8,12-15,18-30,57-59H2,1-7H3,(H,60,76)(H,61,84)(H,62,74)(H,63,79)(H,64,81)(H,65,80)(H,66,77)(H,67,82)(H,68,83)(H,69,78)(H,70,75)(H,85,86). The summed E-state index contributed by atoms with van der Waals surface area (Å²) in [6.07, 6.45) is 3.78. The molecule has 1 rings (SSSR count). The molecule has 30 nitrogen and oxygen atoms in total. The van der Waals surface area contributed by atoms with Crippen LogP contribution in [0.25, 0.3) is 0 Å². The second kappa shape index (κ2) is 42.8. The molecule has 0 fully saturated rings. The Morgan fingerprint density at radius 3 is 1.38 bits per heavy atom. The first kappa shape index (κ1) is 78.0. The largest absolute Gasteiger partial charge is 0.480 e. The summed E-state index contributed by atoms with van der Waals surface area (Å²) >= 11 is 1.33. The van der Waals surface area contributed by atoms with Crippen LogP contribution in [0.2, 0.25) is 0 Å². The van der Waals surface area contributed by atoms with Crippen molar-refractivity contribution in [3.63, 3.8) is 0 Å². The van der Waals surface area contributed by atoms with E-state index < -0.39 is 170 Å². The molecule has 0 radical (unpaired) electrons. The molecule has 0 aliphatic carbocycles. The molecule has 0 bridgehead atoms. The molecule has 0 aromatic heterocycles. The highest BCUT2D eigenvalue weighted by Crippen LogP contribution is 2.13. The van der Waals surface area contributed by atoms with Crippen LogP contribution >= 0.6 is 11.8 Å². The highest BCUT2D eigenvalue weighted by Gasteiger charge is 2.35. The monoisotopic (exact) mass is 1250 g/mol. The first-order chi connectivity index (χ1) is 41.2. The van der Waals surface area contributed by atoms with Gasteiger partial charge in [0.25, 0.3) is 0 Å². The van der Waals surface area contributed by atoms with Gasteiger partial charge in [0.15, 0.2) is 0 Å². The van der Waals surface area contributed by atoms with Crippen molar-refractivity contribution in [1.29, 1.82) is 0 Å². The molecule has 0 saturated heterocycles. The van der Waals surface area contributed by atoms with Crippen molar-refractivity contribution in [2.75, 3.05) is 58.0 Å². The van der Waals surface area contributed by atoms with E-state index in [0.29, 0.717) is 43.4 Å². The van der Waals surface area contributed by atoms with E-state index in [-0.39, 0.29) is 57.0 Å². The number of carboxylic acid groups (broad SMARTS) is 1. The zero-order valence-electron chi connectivity index (χ0n) is 50.9. The van der Waals surface area contributed by atoms with Crippen molar-refractivity contribution >= 4 is 82.7 Å². The molecule has 11 amide bonds. The molecule has 11 atom stereocenters. The molecule has 0 spiro atoms. The lowest BCUT2D eigenvalue weighted by atomic mass is 9.98. The average Bonchev–Trinajstić information content (AvgIpc) is 3.26. The van der Waals surface area contributed by atoms with E-state index in [0.717, 1.165) is 0 Å². The number of aliphatic hydroxyl groups is 3. The van der Waals surface area contributed by atoms with Crippen molar-refractivity contribution in [3.8, 4) is 0 Å². The van der Waals surface area contributed by atoms with Crippen LogP contribution in [0.5, 0.6) is 0 Å². The van der Waals surface area contributed by atoms with Gasteiger partial charge in [0.2, 0.25) is 65.0 Å². The minimum Gasteiger partial charge on any atom is -0.480 e. The predicted molar refractivity (Wildman–Crippen MR) is 323 cm³/mol. The number of hydrogen-bond acceptors (Lipinski definition) is 19. The van der Waals surface area contributed by atoms with Gasteiger partial charge in [-0.05, 0) is 99.8 Å². The first-order valence-electron chi connectivity index (χ1n) is 29.2. The number of thioether (sulfide) groups is 1. The maximum Gasteiger partial charge on any atom is 0.328 e. The van der Waals surface area contributed by atoms with Gasteiger partial charge in [0.1, 0.15) is 54.4 Å². The van der Waals surface area contributed by atoms with E-state index in [9.17, 15) is 78.0 Å². The van der Waals surface area contributed by atoms with Crippen LogP contribution in [0.3, 0.4) is 0 Å². The van der Waals surface area contributed by atoms with Gasteiger partial charge < -0.3 is 96.1 Å². The van der Waals surface area contributed by atoms with Crippen LogP contribution in [0.15, 0.2) is 30.3 Å². The van der Waals surface area contributed by atoms with Crippen molar-refractivity contribution in [1.82, 2.24) is 58.5 Å². The summed E-state index contributed by atoms with van der Waals surface area (Å²) < 4.78 is 0. The highest BCUT2D eigenvalue weighted by molar-refractivity contribution is 7.98. The SMILES string of the molecule is CCC(C)C(NC(=O)CNC(=O)C(CCSC)NC(=O)C(CO)NC(=O)C(CO)NC(=O)C(N)C(C)C)C(=O)NCC(=O)NC(CCCCN)C(=O)NC(Cc1ccccc1)C(=O)NC(CC(C)C)C(=O)NC(CCCCN)C(=O)NC(CO)C(=O)O. The fraction of sp³-hybridized carbons (Fsp3) is 0.679. The Balaban J connectivity index is 3.28. The number of hydrogen-bond donors (Lipinski definition) is 18. The topological polar surface area (TPSA) is 496 Å². The fourth-order valence-electron chi connectivity index (χ4n) is 8.31. The predicted octanol–water partition coefficient (Wildman–Crippen LogP) is -5.03. The number of amides is 11. The number of benzene rings is 1. The Morgan fingerprint density at radius 2 is 0.908 bits per heavy atom. The summed E-state index contributed by atoms with van der Waals surface area (Å²) in [5.74, 6) is -11.6. The quantitative estimate of drug-likeness (QED) is 0.0272. The van der Waals surface area contributed by atoms with Gasteiger partial charge in [0.05, 0.1) is 39.0 Å². The molecule has 1 aromatic carbocycles. The molecule has 31 heteroatoms. The lowest BCUT2D eigenvalue weighted by molar-refractivity contribution is -0.143. The van der Waals surface area contributed by atoms with Gasteiger partial charge in [-0.3, -0.25) is 52.7 Å². The van der Waals surface area contributed by atoms with E-state index in [2.05, 4.69) is 58.5 Å². The van der Waals surface area contributed by atoms with E-state index in [1.54, 1.807) is 78.1 Å². The number of carboxylic acids is 1. The Morgan fingerprint density at radius 1 is 0.494 bits per heavy atom. The van der Waals surface area contributed by atoms with Crippen molar-refractivity contribution < 1.29 is 78.0 Å². The third-order valence-corrected chi connectivity index (χ3v) is 14.4. The number of unbranched alkanes of at least 4 members (excludes halogenated alkanes) is 2. The molecule has 0 heterocycles. The second-order valence-electron chi connectivity index (χ2n) is 21.7. The van der Waals surface area contributed by atoms with Crippen LogP contribution in [0.4, 0.5) is 0 Å². The number of carbonyl (C=O) groups is 12. The first-order valence-corrected chi connectivity index (χ1v) is 30.6. The van der Waals surface area contributed by atoms with Crippen molar-refractivity contribution in [3.05, 3.63) is 35.9 Å². The van der Waals surface area contributed by atoms with Crippen LogP contribution in [0, 0.1) is 17.8 Å². The number of nitrogens with two attached hydrogens (primary N) is 3. The molecule has 1 aromatic rings. The van der Waals surface area contributed by atoms with E-state index in [4.69, 9.17) is 17.2 Å². The third-order valence-electron chi connectivity index (χ3n) is 13.8. The van der Waals surface area contributed by atoms with Gasteiger partial charge in [-0.15, -0.1) is 0 Å². The zero-order valence-corrected chi connectivity index (χ0v) is 51.8. The Labute approximate surface area is 512 Å². The van der Waals surface area contributed by atoms with Gasteiger partial charge in [-0.25, -0.2) is 4.79 Å². The van der Waals surface area contributed by atoms with E-state index in [1.807, 2.05) is 0 Å². The third kappa shape index (κ3) is 30.0. The highest BCUT2D eigenvalue weighted by atomic mass is 32.2. The molecule has 0 aliphatic heterocycles. The maximum atomic E-state index is 14.3. The number of aliphatic carboxylic acids is 1. The number of nitrogens with one attached hydrogen (secondary N) is 11. The molecule has 11 unspecified atom stereocenters. The number of rotatable bonds is 44. The lowest BCUT2D eigenvalue weighted by Gasteiger charge is -2.28. The Bertz CT molecular complexity index is 2380. The smallest absolute Gasteiger partial charge is 0.328 e. The molecule has 87 heavy (non-hydrogen) atoms. The molecular weight excluding hydrogens is 1160 g/mol. The van der Waals surface area contributed by atoms with Gasteiger partial charge in [0, 0.05) is 6.42 Å². The number of carbonyl (C=O) groups excluding carboxylic acids is 11. The minimum atomic E-state index is -1.66. The maximum absolute atomic E-state index is 14.3. The molecule has 21 N–H and O–H groups in total. The molecule has 0 saturated carbocycles. The molecular formula is C56H96N14O16S. The van der Waals surface area contributed by atoms with Crippen LogP contribution in [-0.2, 0) is 64.0 Å². The van der Waals surface area contributed by atoms with Gasteiger partial charge in [-0.1, -0.05) is 78.3 Å². The second-order valence-corrected chi connectivity index (χ2v) is 22.7. The van der Waals surface area contributed by atoms with Crippen LogP contribution in [-0.4, -0.2) is 210 Å². The summed E-state index contributed by atoms with van der Waals surface area (Å²) in [6, 6.07) is -4.99. The molecule has 492 valence electrons. The lowest BCUT2D eigenvalue weighted by Crippen LogP contribution is -2.60. The van der Waals surface area contributed by atoms with Crippen LogP contribution < -0.4 is 75.7 Å². The minimum absolute atomic E-state index is 0.0304. The summed E-state index contributed by atoms with van der Waals surface area (Å²) in [5, 5.41) is 66.0. The van der Waals surface area contributed by atoms with Gasteiger partial charge >= 0.3 is 5.97 Å². The Kier molecular flexibility index (Phi) is 38.3. The van der Waals surface area contributed by atoms with Crippen molar-refractivity contribution in [2.45, 2.75) is 166 Å². The number of aliphatic hydroxyl groups excluding tert-OH is 3. The van der Waals surface area contributed by atoms with E-state index >= 15 is 0 Å². The summed E-state index contributed by atoms with van der Waals surface area (Å²) in [7, 11) is 0. The average molecular weight is 1250 g/mol. The fourth-order valence-corrected chi connectivity index (χ4v) is 8.78. The van der Waals surface area contributed by atoms with Gasteiger partial charge in [-0.2, -0.15) is 11.8 Å². The van der Waals surface area contributed by atoms with Crippen molar-refractivity contribution in [2.24, 2.45) is 35.0 Å².